The van der Waals surface area contributed by atoms with E-state index in [1.54, 1.807) is 13.2 Å². The second-order valence-corrected chi connectivity index (χ2v) is 5.24. The second kappa shape index (κ2) is 6.35. The Bertz CT molecular complexity index is 425. The molecule has 0 bridgehead atoms. The number of methoxy groups -OCH3 is 1. The van der Waals surface area contributed by atoms with E-state index in [4.69, 9.17) is 4.74 Å². The Morgan fingerprint density at radius 1 is 1.53 bits per heavy atom. The third-order valence-electron chi connectivity index (χ3n) is 3.92. The molecule has 1 N–H and O–H groups in total. The van der Waals surface area contributed by atoms with Gasteiger partial charge in [0.2, 0.25) is 0 Å². The number of anilines is 1. The van der Waals surface area contributed by atoms with Gasteiger partial charge in [-0.25, -0.2) is 4.39 Å². The molecule has 2 rings (SSSR count). The zero-order valence-corrected chi connectivity index (χ0v) is 11.9. The summed E-state index contributed by atoms with van der Waals surface area (Å²) < 4.78 is 19.3. The number of nitrogens with one attached hydrogen (secondary N) is 1. The van der Waals surface area contributed by atoms with Crippen LogP contribution in [-0.4, -0.2) is 33.9 Å². The van der Waals surface area contributed by atoms with Crippen LogP contribution in [0.15, 0.2) is 18.2 Å². The van der Waals surface area contributed by atoms with Crippen molar-refractivity contribution in [3.8, 4) is 0 Å². The molecule has 1 fully saturated rings. The van der Waals surface area contributed by atoms with Crippen LogP contribution in [0.25, 0.3) is 0 Å². The van der Waals surface area contributed by atoms with Gasteiger partial charge in [-0.05, 0) is 32.5 Å². The summed E-state index contributed by atoms with van der Waals surface area (Å²) in [7, 11) is 3.60. The minimum atomic E-state index is -0.130. The molecule has 1 aromatic carbocycles. The fourth-order valence-electron chi connectivity index (χ4n) is 2.80. The lowest BCUT2D eigenvalue weighted by Gasteiger charge is -2.25. The van der Waals surface area contributed by atoms with Gasteiger partial charge in [-0.1, -0.05) is 6.07 Å². The Morgan fingerprint density at radius 2 is 2.32 bits per heavy atom. The van der Waals surface area contributed by atoms with Crippen LogP contribution in [0.5, 0.6) is 0 Å². The van der Waals surface area contributed by atoms with Crippen LogP contribution >= 0.6 is 0 Å². The van der Waals surface area contributed by atoms with Crippen molar-refractivity contribution in [3.05, 3.63) is 29.6 Å². The van der Waals surface area contributed by atoms with E-state index in [2.05, 4.69) is 10.2 Å². The molecule has 0 saturated carbocycles. The van der Waals surface area contributed by atoms with Crippen molar-refractivity contribution in [2.24, 2.45) is 5.92 Å². The van der Waals surface area contributed by atoms with E-state index in [9.17, 15) is 4.39 Å². The summed E-state index contributed by atoms with van der Waals surface area (Å²) in [5, 5.41) is 3.13. The highest BCUT2D eigenvalue weighted by Crippen LogP contribution is 2.32. The average Bonchev–Trinajstić information content (AvgIpc) is 2.86. The molecule has 0 aliphatic carbocycles. The second-order valence-electron chi connectivity index (χ2n) is 5.24. The highest BCUT2D eigenvalue weighted by Gasteiger charge is 2.26. The molecule has 3 nitrogen and oxygen atoms in total. The van der Waals surface area contributed by atoms with E-state index >= 15 is 0 Å². The fourth-order valence-corrected chi connectivity index (χ4v) is 2.80. The number of halogens is 1. The first-order valence-electron chi connectivity index (χ1n) is 6.87. The summed E-state index contributed by atoms with van der Waals surface area (Å²) in [5.74, 6) is 0.417. The van der Waals surface area contributed by atoms with Crippen molar-refractivity contribution < 1.29 is 9.13 Å². The van der Waals surface area contributed by atoms with Crippen LogP contribution < -0.4 is 10.2 Å². The van der Waals surface area contributed by atoms with Crippen LogP contribution in [0.2, 0.25) is 0 Å². The number of benzene rings is 1. The van der Waals surface area contributed by atoms with Gasteiger partial charge in [0.1, 0.15) is 5.82 Å². The Balaban J connectivity index is 2.23. The van der Waals surface area contributed by atoms with Gasteiger partial charge >= 0.3 is 0 Å². The molecule has 0 amide bonds. The summed E-state index contributed by atoms with van der Waals surface area (Å²) in [6.07, 6.45) is 1.11. The van der Waals surface area contributed by atoms with E-state index in [-0.39, 0.29) is 11.9 Å². The molecule has 0 spiro atoms. The molecule has 0 aromatic heterocycles. The Morgan fingerprint density at radius 3 is 3.00 bits per heavy atom. The standard InChI is InChI=1S/C15H23FN2O/c1-11(17-2)15-13(16)5-4-6-14(15)18-8-7-12(9-18)10-19-3/h4-6,11-12,17H,7-10H2,1-3H3. The van der Waals surface area contributed by atoms with Crippen LogP contribution in [-0.2, 0) is 4.74 Å². The summed E-state index contributed by atoms with van der Waals surface area (Å²) in [4.78, 5) is 2.27. The monoisotopic (exact) mass is 266 g/mol. The molecular weight excluding hydrogens is 243 g/mol. The first kappa shape index (κ1) is 14.3. The third-order valence-corrected chi connectivity index (χ3v) is 3.92. The minimum Gasteiger partial charge on any atom is -0.384 e. The number of nitrogens with zero attached hydrogens (tertiary/aromatic N) is 1. The molecular formula is C15H23FN2O. The van der Waals surface area contributed by atoms with Crippen LogP contribution in [0.4, 0.5) is 10.1 Å². The van der Waals surface area contributed by atoms with E-state index in [0.29, 0.717) is 5.92 Å². The van der Waals surface area contributed by atoms with Crippen LogP contribution in [0, 0.1) is 11.7 Å². The van der Waals surface area contributed by atoms with Gasteiger partial charge in [-0.15, -0.1) is 0 Å². The van der Waals surface area contributed by atoms with Gasteiger partial charge in [0.15, 0.2) is 0 Å². The van der Waals surface area contributed by atoms with E-state index < -0.39 is 0 Å². The number of hydrogen-bond acceptors (Lipinski definition) is 3. The Labute approximate surface area is 114 Å². The molecule has 2 unspecified atom stereocenters. The number of ether oxygens (including phenoxy) is 1. The zero-order chi connectivity index (χ0) is 13.8. The molecule has 4 heteroatoms. The van der Waals surface area contributed by atoms with Crippen LogP contribution in [0.1, 0.15) is 24.9 Å². The van der Waals surface area contributed by atoms with Gasteiger partial charge in [-0.3, -0.25) is 0 Å². The van der Waals surface area contributed by atoms with Gasteiger partial charge in [0.05, 0.1) is 6.61 Å². The molecule has 106 valence electrons. The van der Waals surface area contributed by atoms with E-state index in [1.165, 1.54) is 6.07 Å². The highest BCUT2D eigenvalue weighted by atomic mass is 19.1. The lowest BCUT2D eigenvalue weighted by molar-refractivity contribution is 0.161. The first-order chi connectivity index (χ1) is 9.17. The topological polar surface area (TPSA) is 24.5 Å². The molecule has 19 heavy (non-hydrogen) atoms. The van der Waals surface area contributed by atoms with Gasteiger partial charge < -0.3 is 15.0 Å². The normalized spacial score (nSPS) is 20.8. The van der Waals surface area contributed by atoms with Gasteiger partial charge in [-0.2, -0.15) is 0 Å². The predicted octanol–water partition coefficient (Wildman–Crippen LogP) is 2.58. The smallest absolute Gasteiger partial charge is 0.130 e. The van der Waals surface area contributed by atoms with E-state index in [1.807, 2.05) is 20.0 Å². The van der Waals surface area contributed by atoms with Crippen molar-refractivity contribution in [2.45, 2.75) is 19.4 Å². The lowest BCUT2D eigenvalue weighted by atomic mass is 10.0. The van der Waals surface area contributed by atoms with E-state index in [0.717, 1.165) is 37.4 Å². The summed E-state index contributed by atoms with van der Waals surface area (Å²) in [6.45, 7) is 4.69. The maximum atomic E-state index is 14.1. The molecule has 1 aromatic rings. The van der Waals surface area contributed by atoms with Crippen molar-refractivity contribution in [1.29, 1.82) is 0 Å². The third kappa shape index (κ3) is 3.07. The first-order valence-corrected chi connectivity index (χ1v) is 6.87. The maximum Gasteiger partial charge on any atom is 0.130 e. The molecule has 1 saturated heterocycles. The van der Waals surface area contributed by atoms with Crippen molar-refractivity contribution in [1.82, 2.24) is 5.32 Å². The minimum absolute atomic E-state index is 0.0117. The molecule has 2 atom stereocenters. The van der Waals surface area contributed by atoms with Crippen molar-refractivity contribution in [3.63, 3.8) is 0 Å². The summed E-state index contributed by atoms with van der Waals surface area (Å²) >= 11 is 0. The predicted molar refractivity (Wildman–Crippen MR) is 76.1 cm³/mol. The molecule has 0 radical (unpaired) electrons. The Hall–Kier alpha value is -1.13. The Kier molecular flexibility index (Phi) is 4.77. The summed E-state index contributed by atoms with van der Waals surface area (Å²) in [6, 6.07) is 5.36. The lowest BCUT2D eigenvalue weighted by Crippen LogP contribution is -2.25. The quantitative estimate of drug-likeness (QED) is 0.886. The van der Waals surface area contributed by atoms with Crippen molar-refractivity contribution in [2.75, 3.05) is 38.8 Å². The van der Waals surface area contributed by atoms with Crippen LogP contribution in [0.3, 0.4) is 0 Å². The van der Waals surface area contributed by atoms with Crippen molar-refractivity contribution >= 4 is 5.69 Å². The molecule has 1 aliphatic rings. The number of hydrogen-bond donors (Lipinski definition) is 1. The zero-order valence-electron chi connectivity index (χ0n) is 11.9. The fraction of sp³-hybridized carbons (Fsp3) is 0.600. The van der Waals surface area contributed by atoms with Gasteiger partial charge in [0, 0.05) is 43.4 Å². The highest BCUT2D eigenvalue weighted by molar-refractivity contribution is 5.56. The summed E-state index contributed by atoms with van der Waals surface area (Å²) in [5.41, 5.74) is 1.78. The molecule has 1 heterocycles. The largest absolute Gasteiger partial charge is 0.384 e. The maximum absolute atomic E-state index is 14.1. The molecule has 1 aliphatic heterocycles. The SMILES string of the molecule is CNC(C)c1c(F)cccc1N1CCC(COC)C1. The number of rotatable bonds is 5. The van der Waals surface area contributed by atoms with Gasteiger partial charge in [0.25, 0.3) is 0 Å². The average molecular weight is 266 g/mol.